The third-order valence-electron chi connectivity index (χ3n) is 3.65. The monoisotopic (exact) mass is 313 g/mol. The predicted octanol–water partition coefficient (Wildman–Crippen LogP) is 1.68. The van der Waals surface area contributed by atoms with E-state index in [1.165, 1.54) is 0 Å². The minimum Gasteiger partial charge on any atom is -0.481 e. The highest BCUT2D eigenvalue weighted by atomic mass is 32.2. The van der Waals surface area contributed by atoms with Crippen LogP contribution in [0.2, 0.25) is 0 Å². The van der Waals surface area contributed by atoms with Crippen LogP contribution in [0, 0.1) is 4.77 Å². The van der Waals surface area contributed by atoms with E-state index in [4.69, 9.17) is 17.0 Å². The molecule has 20 heavy (non-hydrogen) atoms. The largest absolute Gasteiger partial charge is 0.481 e. The number of sulfone groups is 1. The van der Waals surface area contributed by atoms with Gasteiger partial charge in [0.25, 0.3) is 0 Å². The maximum absolute atomic E-state index is 12.0. The van der Waals surface area contributed by atoms with Gasteiger partial charge in [-0.25, -0.2) is 8.42 Å². The zero-order chi connectivity index (χ0) is 14.3. The number of methoxy groups -OCH3 is 1. The number of aromatic nitrogens is 3. The molecule has 3 rings (SSSR count). The van der Waals surface area contributed by atoms with E-state index >= 15 is 0 Å². The van der Waals surface area contributed by atoms with Gasteiger partial charge in [-0.2, -0.15) is 4.98 Å². The number of imidazole rings is 1. The summed E-state index contributed by atoms with van der Waals surface area (Å²) in [6.45, 7) is 0.349. The van der Waals surface area contributed by atoms with Crippen molar-refractivity contribution in [3.8, 4) is 5.88 Å². The van der Waals surface area contributed by atoms with Gasteiger partial charge in [0.2, 0.25) is 5.88 Å². The average Bonchev–Trinajstić information content (AvgIpc) is 2.90. The van der Waals surface area contributed by atoms with Crippen molar-refractivity contribution in [3.63, 3.8) is 0 Å². The van der Waals surface area contributed by atoms with E-state index in [-0.39, 0.29) is 11.0 Å². The molecule has 2 aromatic rings. The summed E-state index contributed by atoms with van der Waals surface area (Å²) in [6, 6.07) is 3.57. The molecular formula is C12H15N3O3S2. The number of ether oxygens (including phenoxy) is 1. The molecule has 0 bridgehead atoms. The van der Waals surface area contributed by atoms with Gasteiger partial charge in [-0.1, -0.05) is 0 Å². The summed E-state index contributed by atoms with van der Waals surface area (Å²) in [6.07, 6.45) is 1.40. The highest BCUT2D eigenvalue weighted by molar-refractivity contribution is 7.92. The number of rotatable bonds is 3. The van der Waals surface area contributed by atoms with Crippen LogP contribution in [0.3, 0.4) is 0 Å². The number of pyridine rings is 1. The van der Waals surface area contributed by atoms with E-state index in [0.717, 1.165) is 11.9 Å². The number of aromatic amines is 1. The maximum atomic E-state index is 12.0. The Morgan fingerprint density at radius 2 is 2.35 bits per heavy atom. The van der Waals surface area contributed by atoms with Gasteiger partial charge in [0, 0.05) is 12.6 Å². The topological polar surface area (TPSA) is 77.0 Å². The van der Waals surface area contributed by atoms with Gasteiger partial charge in [-0.15, -0.1) is 0 Å². The summed E-state index contributed by atoms with van der Waals surface area (Å²) < 4.78 is 31.3. The first-order chi connectivity index (χ1) is 9.51. The molecule has 8 heteroatoms. The summed E-state index contributed by atoms with van der Waals surface area (Å²) in [5, 5.41) is -0.374. The van der Waals surface area contributed by atoms with Gasteiger partial charge < -0.3 is 14.3 Å². The lowest BCUT2D eigenvalue weighted by molar-refractivity contribution is 0.399. The maximum Gasteiger partial charge on any atom is 0.215 e. The van der Waals surface area contributed by atoms with Crippen molar-refractivity contribution >= 4 is 33.2 Å². The molecule has 1 aliphatic heterocycles. The van der Waals surface area contributed by atoms with Gasteiger partial charge in [0.1, 0.15) is 0 Å². The molecule has 1 fully saturated rings. The number of fused-ring (bicyclic) bond motifs is 1. The molecule has 0 radical (unpaired) electrons. The van der Waals surface area contributed by atoms with E-state index in [2.05, 4.69) is 9.97 Å². The number of nitrogens with zero attached hydrogens (tertiary/aromatic N) is 2. The second-order valence-corrected chi connectivity index (χ2v) is 7.68. The Hall–Kier alpha value is -1.41. The molecule has 0 amide bonds. The number of hydrogen-bond donors (Lipinski definition) is 1. The fourth-order valence-corrected chi connectivity index (χ4v) is 4.64. The van der Waals surface area contributed by atoms with Crippen molar-refractivity contribution < 1.29 is 13.2 Å². The second-order valence-electron chi connectivity index (χ2n) is 4.90. The summed E-state index contributed by atoms with van der Waals surface area (Å²) in [7, 11) is -1.46. The lowest BCUT2D eigenvalue weighted by atomic mass is 10.2. The van der Waals surface area contributed by atoms with E-state index in [0.29, 0.717) is 29.3 Å². The Morgan fingerprint density at radius 3 is 3.00 bits per heavy atom. The van der Waals surface area contributed by atoms with Crippen LogP contribution in [0.5, 0.6) is 5.88 Å². The SMILES string of the molecule is COc1ccc2[nH]c(=S)n(CC3CCCS3(=O)=O)c2n1. The van der Waals surface area contributed by atoms with Gasteiger partial charge >= 0.3 is 0 Å². The van der Waals surface area contributed by atoms with Crippen LogP contribution in [0.4, 0.5) is 0 Å². The Kier molecular flexibility index (Phi) is 3.29. The second kappa shape index (κ2) is 4.85. The van der Waals surface area contributed by atoms with E-state index in [1.54, 1.807) is 17.7 Å². The molecule has 6 nitrogen and oxygen atoms in total. The quantitative estimate of drug-likeness (QED) is 0.872. The van der Waals surface area contributed by atoms with Crippen LogP contribution in [-0.2, 0) is 16.4 Å². The van der Waals surface area contributed by atoms with Crippen LogP contribution < -0.4 is 4.74 Å². The van der Waals surface area contributed by atoms with Crippen LogP contribution >= 0.6 is 12.2 Å². The average molecular weight is 313 g/mol. The smallest absolute Gasteiger partial charge is 0.215 e. The molecule has 0 aromatic carbocycles. The molecule has 3 heterocycles. The van der Waals surface area contributed by atoms with Crippen LogP contribution in [0.15, 0.2) is 12.1 Å². The zero-order valence-corrected chi connectivity index (χ0v) is 12.6. The molecule has 0 saturated carbocycles. The molecule has 2 aromatic heterocycles. The standard InChI is InChI=1S/C12H15N3O3S2/c1-18-10-5-4-9-11(14-10)15(12(19)13-9)7-8-3-2-6-20(8,16)17/h4-5,8H,2-3,6-7H2,1H3,(H,13,19). The van der Waals surface area contributed by atoms with Crippen molar-refractivity contribution in [2.45, 2.75) is 24.6 Å². The first-order valence-corrected chi connectivity index (χ1v) is 8.49. The zero-order valence-electron chi connectivity index (χ0n) is 11.0. The van der Waals surface area contributed by atoms with Crippen molar-refractivity contribution in [1.29, 1.82) is 0 Å². The van der Waals surface area contributed by atoms with E-state index in [9.17, 15) is 8.42 Å². The Balaban J connectivity index is 2.07. The number of nitrogens with one attached hydrogen (secondary N) is 1. The van der Waals surface area contributed by atoms with Gasteiger partial charge in [-0.05, 0) is 31.1 Å². The first-order valence-electron chi connectivity index (χ1n) is 6.36. The minimum absolute atomic E-state index is 0.268. The fourth-order valence-electron chi connectivity index (χ4n) is 2.56. The molecule has 1 N–H and O–H groups in total. The lowest BCUT2D eigenvalue weighted by Crippen LogP contribution is -2.22. The summed E-state index contributed by atoms with van der Waals surface area (Å²) in [5.74, 6) is 0.749. The number of H-pyrrole nitrogens is 1. The van der Waals surface area contributed by atoms with Gasteiger partial charge in [0.15, 0.2) is 20.3 Å². The highest BCUT2D eigenvalue weighted by Gasteiger charge is 2.32. The van der Waals surface area contributed by atoms with E-state index < -0.39 is 9.84 Å². The van der Waals surface area contributed by atoms with Gasteiger partial charge in [-0.3, -0.25) is 0 Å². The Bertz CT molecular complexity index is 807. The number of hydrogen-bond acceptors (Lipinski definition) is 5. The minimum atomic E-state index is -3.00. The van der Waals surface area contributed by atoms with E-state index in [1.807, 2.05) is 6.07 Å². The Morgan fingerprint density at radius 1 is 1.55 bits per heavy atom. The summed E-state index contributed by atoms with van der Waals surface area (Å²) in [4.78, 5) is 7.40. The molecule has 108 valence electrons. The van der Waals surface area contributed by atoms with Crippen molar-refractivity contribution in [3.05, 3.63) is 16.9 Å². The third kappa shape index (κ3) is 2.22. The molecule has 1 unspecified atom stereocenters. The van der Waals surface area contributed by atoms with Gasteiger partial charge in [0.05, 0.1) is 23.6 Å². The third-order valence-corrected chi connectivity index (χ3v) is 6.23. The van der Waals surface area contributed by atoms with Crippen LogP contribution in [-0.4, -0.2) is 41.1 Å². The lowest BCUT2D eigenvalue weighted by Gasteiger charge is -2.10. The Labute approximate surface area is 121 Å². The normalized spacial score (nSPS) is 21.4. The van der Waals surface area contributed by atoms with Crippen LogP contribution in [0.1, 0.15) is 12.8 Å². The fraction of sp³-hybridized carbons (Fsp3) is 0.500. The highest BCUT2D eigenvalue weighted by Crippen LogP contribution is 2.24. The van der Waals surface area contributed by atoms with Crippen molar-refractivity contribution in [2.24, 2.45) is 0 Å². The van der Waals surface area contributed by atoms with Crippen molar-refractivity contribution in [2.75, 3.05) is 12.9 Å². The molecule has 0 aliphatic carbocycles. The molecule has 1 saturated heterocycles. The van der Waals surface area contributed by atoms with Crippen molar-refractivity contribution in [1.82, 2.24) is 14.5 Å². The summed E-state index contributed by atoms with van der Waals surface area (Å²) in [5.41, 5.74) is 1.42. The first kappa shape index (κ1) is 13.6. The summed E-state index contributed by atoms with van der Waals surface area (Å²) >= 11 is 5.27. The molecule has 1 aliphatic rings. The molecule has 0 spiro atoms. The predicted molar refractivity (Wildman–Crippen MR) is 78.3 cm³/mol. The molecule has 1 atom stereocenters. The molecular weight excluding hydrogens is 298 g/mol. The van der Waals surface area contributed by atoms with Crippen LogP contribution in [0.25, 0.3) is 11.2 Å².